The highest BCUT2D eigenvalue weighted by atomic mass is 16.3. The van der Waals surface area contributed by atoms with Gasteiger partial charge < -0.3 is 5.11 Å². The van der Waals surface area contributed by atoms with Gasteiger partial charge in [0, 0.05) is 11.1 Å². The number of phenolic OH excluding ortho intramolecular Hbond substituents is 1. The summed E-state index contributed by atoms with van der Waals surface area (Å²) in [4.78, 5) is 11.9. The zero-order valence-electron chi connectivity index (χ0n) is 20.1. The van der Waals surface area contributed by atoms with E-state index < -0.39 is 0 Å². The number of aromatic hydroxyl groups is 1. The lowest BCUT2D eigenvalue weighted by Crippen LogP contribution is -2.48. The van der Waals surface area contributed by atoms with Gasteiger partial charge in [-0.25, -0.2) is 0 Å². The fourth-order valence-corrected chi connectivity index (χ4v) is 4.89. The van der Waals surface area contributed by atoms with E-state index in [9.17, 15) is 9.90 Å². The molecule has 0 saturated carbocycles. The van der Waals surface area contributed by atoms with Crippen molar-refractivity contribution < 1.29 is 9.90 Å². The Morgan fingerprint density at radius 2 is 1.30 bits per heavy atom. The molecule has 1 aliphatic rings. The predicted molar refractivity (Wildman–Crippen MR) is 138 cm³/mol. The van der Waals surface area contributed by atoms with Crippen molar-refractivity contribution in [2.75, 3.05) is 0 Å². The molecule has 0 heterocycles. The summed E-state index contributed by atoms with van der Waals surface area (Å²) in [5.74, 6) is 6.63. The molecule has 0 bridgehead atoms. The molecule has 1 aliphatic carbocycles. The highest BCUT2D eigenvalue weighted by molar-refractivity contribution is 6.63. The van der Waals surface area contributed by atoms with Gasteiger partial charge >= 0.3 is 0 Å². The van der Waals surface area contributed by atoms with Crippen molar-refractivity contribution in [2.45, 2.75) is 52.4 Å². The van der Waals surface area contributed by atoms with E-state index in [0.717, 1.165) is 33.7 Å². The van der Waals surface area contributed by atoms with Crippen molar-refractivity contribution in [3.63, 3.8) is 0 Å². The van der Waals surface area contributed by atoms with Gasteiger partial charge in [0.05, 0.1) is 5.56 Å². The molecule has 3 rings (SSSR count). The summed E-state index contributed by atoms with van der Waals surface area (Å²) in [5.41, 5.74) is 8.44. The number of carbonyl (C=O) groups excluding carboxylic acids is 1. The Balaban J connectivity index is 2.26. The van der Waals surface area contributed by atoms with E-state index in [2.05, 4.69) is 67.3 Å². The molecule has 2 aromatic rings. The highest BCUT2D eigenvalue weighted by Crippen LogP contribution is 2.61. The second-order valence-electron chi connectivity index (χ2n) is 10.5. The van der Waals surface area contributed by atoms with Gasteiger partial charge in [0.1, 0.15) is 37.1 Å². The Labute approximate surface area is 184 Å². The molecule has 0 aliphatic heterocycles. The first kappa shape index (κ1) is 22.4. The van der Waals surface area contributed by atoms with Crippen molar-refractivity contribution in [3.05, 3.63) is 39.9 Å². The van der Waals surface area contributed by atoms with Crippen LogP contribution in [0.15, 0.2) is 12.1 Å². The van der Waals surface area contributed by atoms with Crippen LogP contribution >= 0.6 is 0 Å². The Hall–Kier alpha value is -2.27. The Kier molecular flexibility index (Phi) is 5.14. The number of hydrogen-bond donors (Lipinski definition) is 1. The Bertz CT molecular complexity index is 1120. The minimum atomic E-state index is -0.0599. The molecule has 2 nitrogen and oxygen atoms in total. The maximum absolute atomic E-state index is 11.9. The second-order valence-corrected chi connectivity index (χ2v) is 10.5. The molecule has 150 valence electrons. The molecule has 6 heteroatoms. The first-order valence-corrected chi connectivity index (χ1v) is 10.7. The van der Waals surface area contributed by atoms with Gasteiger partial charge in [0.2, 0.25) is 0 Å². The standard InChI is InChI=1S/C24H30B4O2/c1-22(2)15-9-12(13(11-29)10-16(15)23(3,4)24(22,5)6)7-8-14-17(25)18(26)19(27)20(28)21(14)30/h9-11,30H,25-28H2,1-6H3. The molecule has 0 unspecified atom stereocenters. The average molecular weight is 394 g/mol. The van der Waals surface area contributed by atoms with Gasteiger partial charge in [-0.3, -0.25) is 4.79 Å². The SMILES string of the molecule is Bc1c(B)c(B)c(C#Cc2cc3c(cc2C=O)C(C)(C)C(C)(C)C3(C)C)c(O)c1B. The average Bonchev–Trinajstić information content (AvgIpc) is 2.78. The van der Waals surface area contributed by atoms with Crippen LogP contribution in [0.5, 0.6) is 5.75 Å². The third-order valence-electron chi connectivity index (χ3n) is 8.77. The molecule has 0 radical (unpaired) electrons. The van der Waals surface area contributed by atoms with Crippen molar-refractivity contribution in [1.29, 1.82) is 0 Å². The van der Waals surface area contributed by atoms with Gasteiger partial charge in [0.15, 0.2) is 6.29 Å². The smallest absolute Gasteiger partial charge is 0.151 e. The molecule has 30 heavy (non-hydrogen) atoms. The molecule has 0 saturated heterocycles. The number of benzene rings is 2. The van der Waals surface area contributed by atoms with E-state index >= 15 is 0 Å². The molecule has 2 aromatic carbocycles. The molecule has 0 amide bonds. The normalized spacial score (nSPS) is 17.7. The lowest BCUT2D eigenvalue weighted by molar-refractivity contribution is 0.112. The van der Waals surface area contributed by atoms with Crippen LogP contribution in [0.25, 0.3) is 0 Å². The molecular formula is C24H30B4O2. The molecule has 0 aromatic heterocycles. The van der Waals surface area contributed by atoms with E-state index in [0.29, 0.717) is 11.1 Å². The van der Waals surface area contributed by atoms with Crippen LogP contribution in [0.4, 0.5) is 0 Å². The first-order chi connectivity index (χ1) is 13.7. The minimum Gasteiger partial charge on any atom is -0.507 e. The predicted octanol–water partition coefficient (Wildman–Crippen LogP) is -1.77. The number of carbonyl (C=O) groups is 1. The summed E-state index contributed by atoms with van der Waals surface area (Å²) < 4.78 is 0. The van der Waals surface area contributed by atoms with Crippen molar-refractivity contribution in [1.82, 2.24) is 0 Å². The van der Waals surface area contributed by atoms with Crippen LogP contribution in [0, 0.1) is 17.3 Å². The van der Waals surface area contributed by atoms with E-state index in [1.54, 1.807) is 0 Å². The maximum atomic E-state index is 11.9. The molecule has 0 atom stereocenters. The maximum Gasteiger partial charge on any atom is 0.151 e. The monoisotopic (exact) mass is 394 g/mol. The quantitative estimate of drug-likeness (QED) is 0.354. The summed E-state index contributed by atoms with van der Waals surface area (Å²) in [5, 5.41) is 10.7. The fourth-order valence-electron chi connectivity index (χ4n) is 4.89. The molecule has 1 N–H and O–H groups in total. The van der Waals surface area contributed by atoms with Gasteiger partial charge in [-0.2, -0.15) is 0 Å². The number of fused-ring (bicyclic) bond motifs is 1. The van der Waals surface area contributed by atoms with Gasteiger partial charge in [-0.1, -0.05) is 69.8 Å². The molecule has 0 fully saturated rings. The molecule has 0 spiro atoms. The van der Waals surface area contributed by atoms with E-state index in [-0.39, 0.29) is 22.0 Å². The number of phenols is 1. The van der Waals surface area contributed by atoms with E-state index in [1.165, 1.54) is 11.1 Å². The summed E-state index contributed by atoms with van der Waals surface area (Å²) in [7, 11) is 7.98. The van der Waals surface area contributed by atoms with E-state index in [1.807, 2.05) is 29.6 Å². The van der Waals surface area contributed by atoms with Crippen LogP contribution in [0.2, 0.25) is 0 Å². The Morgan fingerprint density at radius 3 is 1.83 bits per heavy atom. The van der Waals surface area contributed by atoms with Crippen LogP contribution in [0.3, 0.4) is 0 Å². The fraction of sp³-hybridized carbons (Fsp3) is 0.375. The van der Waals surface area contributed by atoms with Crippen molar-refractivity contribution in [2.24, 2.45) is 5.41 Å². The zero-order chi connectivity index (χ0) is 22.8. The second kappa shape index (κ2) is 6.88. The number of hydrogen-bond acceptors (Lipinski definition) is 2. The Morgan fingerprint density at radius 1 is 0.800 bits per heavy atom. The summed E-state index contributed by atoms with van der Waals surface area (Å²) in [6.45, 7) is 13.7. The topological polar surface area (TPSA) is 37.3 Å². The summed E-state index contributed by atoms with van der Waals surface area (Å²) >= 11 is 0. The van der Waals surface area contributed by atoms with Gasteiger partial charge in [-0.15, -0.1) is 5.46 Å². The van der Waals surface area contributed by atoms with E-state index in [4.69, 9.17) is 0 Å². The van der Waals surface area contributed by atoms with Crippen LogP contribution < -0.4 is 21.9 Å². The molecular weight excluding hydrogens is 364 g/mol. The summed E-state index contributed by atoms with van der Waals surface area (Å²) in [6, 6.07) is 4.13. The zero-order valence-corrected chi connectivity index (χ0v) is 20.1. The van der Waals surface area contributed by atoms with Crippen molar-refractivity contribution in [3.8, 4) is 17.6 Å². The summed E-state index contributed by atoms with van der Waals surface area (Å²) in [6.07, 6.45) is 0.900. The van der Waals surface area contributed by atoms with Crippen LogP contribution in [0.1, 0.15) is 74.2 Å². The van der Waals surface area contributed by atoms with Crippen LogP contribution in [-0.2, 0) is 10.8 Å². The third-order valence-corrected chi connectivity index (χ3v) is 8.77. The lowest BCUT2D eigenvalue weighted by atomic mass is 9.59. The highest BCUT2D eigenvalue weighted by Gasteiger charge is 2.56. The van der Waals surface area contributed by atoms with Gasteiger partial charge in [-0.05, 0) is 39.5 Å². The minimum absolute atomic E-state index is 0.0224. The third kappa shape index (κ3) is 2.82. The number of rotatable bonds is 1. The van der Waals surface area contributed by atoms with Crippen LogP contribution in [-0.4, -0.2) is 42.8 Å². The van der Waals surface area contributed by atoms with Gasteiger partial charge in [0.25, 0.3) is 0 Å². The number of aldehydes is 1. The van der Waals surface area contributed by atoms with Crippen molar-refractivity contribution >= 4 is 59.5 Å². The first-order valence-electron chi connectivity index (χ1n) is 10.7. The lowest BCUT2D eigenvalue weighted by Gasteiger charge is -2.44. The largest absolute Gasteiger partial charge is 0.507 e.